The van der Waals surface area contributed by atoms with E-state index >= 15 is 0 Å². The van der Waals surface area contributed by atoms with Gasteiger partial charge >= 0.3 is 0 Å². The predicted molar refractivity (Wildman–Crippen MR) is 115 cm³/mol. The molecule has 0 radical (unpaired) electrons. The Bertz CT molecular complexity index is 939. The molecule has 1 aliphatic heterocycles. The van der Waals surface area contributed by atoms with Gasteiger partial charge in [-0.25, -0.2) is 4.98 Å². The maximum absolute atomic E-state index is 12.5. The number of nitrogens with zero attached hydrogens (tertiary/aromatic N) is 4. The number of hydrogen-bond donors (Lipinski definition) is 1. The molecule has 1 N–H and O–H groups in total. The van der Waals surface area contributed by atoms with E-state index < -0.39 is 0 Å². The molecule has 29 heavy (non-hydrogen) atoms. The van der Waals surface area contributed by atoms with Crippen molar-refractivity contribution in [1.82, 2.24) is 19.7 Å². The van der Waals surface area contributed by atoms with Crippen LogP contribution in [0.3, 0.4) is 0 Å². The molecule has 150 valence electrons. The molecule has 8 heteroatoms. The summed E-state index contributed by atoms with van der Waals surface area (Å²) < 4.78 is 4.50. The van der Waals surface area contributed by atoms with Crippen molar-refractivity contribution in [3.63, 3.8) is 0 Å². The van der Waals surface area contributed by atoms with Crippen molar-refractivity contribution < 1.29 is 4.79 Å². The van der Waals surface area contributed by atoms with Crippen LogP contribution in [0.15, 0.2) is 48.8 Å². The van der Waals surface area contributed by atoms with Gasteiger partial charge < -0.3 is 10.2 Å². The van der Waals surface area contributed by atoms with Gasteiger partial charge in [0, 0.05) is 60.9 Å². The van der Waals surface area contributed by atoms with Crippen LogP contribution in [-0.4, -0.2) is 33.3 Å². The zero-order valence-electron chi connectivity index (χ0n) is 15.9. The molecule has 3 aromatic rings. The minimum Gasteiger partial charge on any atom is -0.352 e. The molecule has 0 atom stereocenters. The molecule has 2 aromatic heterocycles. The van der Waals surface area contributed by atoms with Gasteiger partial charge in [-0.05, 0) is 42.2 Å². The fourth-order valence-corrected chi connectivity index (χ4v) is 4.26. The zero-order chi connectivity index (χ0) is 20.1. The number of aromatic nitrogens is 3. The summed E-state index contributed by atoms with van der Waals surface area (Å²) in [5.41, 5.74) is 2.16. The summed E-state index contributed by atoms with van der Waals surface area (Å²) in [5, 5.41) is 4.69. The first kappa shape index (κ1) is 19.8. The number of halogens is 1. The van der Waals surface area contributed by atoms with E-state index in [-0.39, 0.29) is 11.8 Å². The number of carbonyl (C=O) groups is 1. The van der Waals surface area contributed by atoms with Crippen LogP contribution in [0.25, 0.3) is 0 Å². The largest absolute Gasteiger partial charge is 0.352 e. The van der Waals surface area contributed by atoms with E-state index in [4.69, 9.17) is 16.6 Å². The maximum atomic E-state index is 12.5. The van der Waals surface area contributed by atoms with Crippen molar-refractivity contribution >= 4 is 34.2 Å². The summed E-state index contributed by atoms with van der Waals surface area (Å²) in [4.78, 5) is 23.5. The van der Waals surface area contributed by atoms with Crippen molar-refractivity contribution in [3.8, 4) is 0 Å². The van der Waals surface area contributed by atoms with Crippen LogP contribution in [-0.2, 0) is 17.8 Å². The third kappa shape index (κ3) is 5.31. The summed E-state index contributed by atoms with van der Waals surface area (Å²) in [6.45, 7) is 2.17. The van der Waals surface area contributed by atoms with E-state index in [0.29, 0.717) is 13.0 Å². The first-order valence-corrected chi connectivity index (χ1v) is 10.8. The van der Waals surface area contributed by atoms with Gasteiger partial charge in [-0.3, -0.25) is 9.78 Å². The van der Waals surface area contributed by atoms with E-state index in [1.807, 2.05) is 36.4 Å². The molecule has 3 heterocycles. The summed E-state index contributed by atoms with van der Waals surface area (Å²) >= 11 is 7.37. The molecule has 4 rings (SSSR count). The lowest BCUT2D eigenvalue weighted by molar-refractivity contribution is -0.125. The quantitative estimate of drug-likeness (QED) is 0.649. The Balaban J connectivity index is 1.26. The van der Waals surface area contributed by atoms with Crippen molar-refractivity contribution in [2.24, 2.45) is 5.92 Å². The highest BCUT2D eigenvalue weighted by Crippen LogP contribution is 2.25. The predicted octanol–water partition coefficient (Wildman–Crippen LogP) is 3.71. The lowest BCUT2D eigenvalue weighted by Crippen LogP contribution is -2.40. The topological polar surface area (TPSA) is 71.0 Å². The van der Waals surface area contributed by atoms with E-state index in [1.54, 1.807) is 12.4 Å². The van der Waals surface area contributed by atoms with E-state index in [0.717, 1.165) is 53.0 Å². The average molecular weight is 428 g/mol. The fourth-order valence-electron chi connectivity index (χ4n) is 3.40. The van der Waals surface area contributed by atoms with Gasteiger partial charge in [0.25, 0.3) is 0 Å². The first-order valence-electron chi connectivity index (χ1n) is 9.66. The molecule has 1 aliphatic rings. The number of hydrogen-bond acceptors (Lipinski definition) is 6. The normalized spacial score (nSPS) is 14.7. The van der Waals surface area contributed by atoms with Gasteiger partial charge in [-0.2, -0.15) is 4.37 Å². The van der Waals surface area contributed by atoms with Crippen LogP contribution >= 0.6 is 23.1 Å². The monoisotopic (exact) mass is 427 g/mol. The van der Waals surface area contributed by atoms with Gasteiger partial charge in [-0.15, -0.1) is 0 Å². The zero-order valence-corrected chi connectivity index (χ0v) is 17.5. The average Bonchev–Trinajstić information content (AvgIpc) is 3.23. The number of nitrogens with one attached hydrogen (secondary N) is 1. The summed E-state index contributed by atoms with van der Waals surface area (Å²) in [6, 6.07) is 11.6. The highest BCUT2D eigenvalue weighted by molar-refractivity contribution is 7.09. The molecule has 0 spiro atoms. The van der Waals surface area contributed by atoms with Gasteiger partial charge in [0.05, 0.1) is 0 Å². The number of piperidine rings is 1. The van der Waals surface area contributed by atoms with Gasteiger partial charge in [0.1, 0.15) is 5.82 Å². The molecular formula is C21H22ClN5OS. The van der Waals surface area contributed by atoms with Crippen LogP contribution in [0.4, 0.5) is 5.13 Å². The number of rotatable bonds is 6. The molecular weight excluding hydrogens is 406 g/mol. The highest BCUT2D eigenvalue weighted by atomic mass is 35.5. The van der Waals surface area contributed by atoms with Crippen LogP contribution in [0.5, 0.6) is 0 Å². The molecule has 0 saturated carbocycles. The number of amides is 1. The van der Waals surface area contributed by atoms with Crippen molar-refractivity contribution in [1.29, 1.82) is 0 Å². The lowest BCUT2D eigenvalue weighted by Gasteiger charge is -2.30. The summed E-state index contributed by atoms with van der Waals surface area (Å²) in [5.74, 6) is 0.988. The van der Waals surface area contributed by atoms with Crippen LogP contribution in [0.2, 0.25) is 5.02 Å². The Labute approximate surface area is 179 Å². The molecule has 1 aromatic carbocycles. The summed E-state index contributed by atoms with van der Waals surface area (Å²) in [7, 11) is 0. The van der Waals surface area contributed by atoms with Crippen molar-refractivity contribution in [3.05, 3.63) is 70.8 Å². The van der Waals surface area contributed by atoms with Gasteiger partial charge in [0.2, 0.25) is 11.0 Å². The minimum absolute atomic E-state index is 0.0457. The Hall–Kier alpha value is -2.51. The minimum atomic E-state index is 0.0457. The number of pyridine rings is 1. The van der Waals surface area contributed by atoms with Crippen LogP contribution in [0, 0.1) is 5.92 Å². The third-order valence-corrected chi connectivity index (χ3v) is 6.13. The van der Waals surface area contributed by atoms with Crippen LogP contribution in [0.1, 0.15) is 29.8 Å². The molecule has 6 nitrogen and oxygen atoms in total. The SMILES string of the molecule is O=C(NCc1cccnc1)C1CCN(c2nc(Cc3ccc(Cl)cc3)ns2)CC1. The Kier molecular flexibility index (Phi) is 6.36. The Morgan fingerprint density at radius 2 is 1.97 bits per heavy atom. The van der Waals surface area contributed by atoms with E-state index in [1.165, 1.54) is 11.5 Å². The molecule has 0 unspecified atom stereocenters. The van der Waals surface area contributed by atoms with Gasteiger partial charge in [-0.1, -0.05) is 29.8 Å². The number of anilines is 1. The number of benzene rings is 1. The van der Waals surface area contributed by atoms with Crippen molar-refractivity contribution in [2.45, 2.75) is 25.8 Å². The smallest absolute Gasteiger partial charge is 0.223 e. The second-order valence-electron chi connectivity index (χ2n) is 7.14. The Morgan fingerprint density at radius 1 is 1.17 bits per heavy atom. The maximum Gasteiger partial charge on any atom is 0.223 e. The second kappa shape index (κ2) is 9.33. The second-order valence-corrected chi connectivity index (χ2v) is 8.30. The molecule has 0 bridgehead atoms. The molecule has 0 aliphatic carbocycles. The fraction of sp³-hybridized carbons (Fsp3) is 0.333. The van der Waals surface area contributed by atoms with Crippen LogP contribution < -0.4 is 10.2 Å². The first-order chi connectivity index (χ1) is 14.2. The molecule has 1 fully saturated rings. The lowest BCUT2D eigenvalue weighted by atomic mass is 9.96. The Morgan fingerprint density at radius 3 is 2.69 bits per heavy atom. The van der Waals surface area contributed by atoms with Gasteiger partial charge in [0.15, 0.2) is 0 Å². The van der Waals surface area contributed by atoms with E-state index in [9.17, 15) is 4.79 Å². The summed E-state index contributed by atoms with van der Waals surface area (Å²) in [6.07, 6.45) is 5.85. The molecule has 1 amide bonds. The molecule has 1 saturated heterocycles. The number of carbonyl (C=O) groups excluding carboxylic acids is 1. The third-order valence-electron chi connectivity index (χ3n) is 5.06. The highest BCUT2D eigenvalue weighted by Gasteiger charge is 2.26. The standard InChI is InChI=1S/C21H22ClN5OS/c22-18-5-3-15(4-6-18)12-19-25-21(29-26-19)27-10-7-17(8-11-27)20(28)24-14-16-2-1-9-23-13-16/h1-6,9,13,17H,7-8,10-12,14H2,(H,24,28). The van der Waals surface area contributed by atoms with E-state index in [2.05, 4.69) is 19.6 Å². The van der Waals surface area contributed by atoms with Crippen molar-refractivity contribution in [2.75, 3.05) is 18.0 Å².